The molecule has 0 saturated carbocycles. The normalized spacial score (nSPS) is 11.3. The van der Waals surface area contributed by atoms with E-state index in [0.717, 1.165) is 4.88 Å². The molecule has 1 aromatic heterocycles. The Balaban J connectivity index is 2.62. The van der Waals surface area contributed by atoms with Gasteiger partial charge in [-0.3, -0.25) is 0 Å². The molecule has 0 aliphatic carbocycles. The fraction of sp³-hybridized carbons (Fsp3) is 0.600. The van der Waals surface area contributed by atoms with Gasteiger partial charge in [0.25, 0.3) is 0 Å². The molecule has 0 atom stereocenters. The molecule has 0 amide bonds. The lowest BCUT2D eigenvalue weighted by molar-refractivity contribution is 0.0594. The SMILES string of the molecule is CCS(=O)(=O)CCNc1nc(C(=O)OC)c(C)s1. The number of ether oxygens (including phenoxy) is 1. The van der Waals surface area contributed by atoms with Crippen molar-refractivity contribution in [1.82, 2.24) is 4.98 Å². The van der Waals surface area contributed by atoms with Gasteiger partial charge in [0.2, 0.25) is 0 Å². The number of hydrogen-bond donors (Lipinski definition) is 1. The van der Waals surface area contributed by atoms with Crippen LogP contribution < -0.4 is 5.32 Å². The van der Waals surface area contributed by atoms with Crippen molar-refractivity contribution in [3.8, 4) is 0 Å². The molecule has 0 aliphatic rings. The van der Waals surface area contributed by atoms with E-state index in [1.54, 1.807) is 13.8 Å². The number of esters is 1. The Bertz CT molecular complexity index is 522. The molecule has 0 unspecified atom stereocenters. The highest BCUT2D eigenvalue weighted by molar-refractivity contribution is 7.91. The molecule has 6 nitrogen and oxygen atoms in total. The lowest BCUT2D eigenvalue weighted by Gasteiger charge is -2.02. The lowest BCUT2D eigenvalue weighted by atomic mass is 10.4. The van der Waals surface area contributed by atoms with Crippen molar-refractivity contribution in [2.45, 2.75) is 13.8 Å². The minimum Gasteiger partial charge on any atom is -0.464 e. The van der Waals surface area contributed by atoms with Crippen molar-refractivity contribution in [2.75, 3.05) is 30.5 Å². The van der Waals surface area contributed by atoms with Crippen LogP contribution in [0.4, 0.5) is 5.13 Å². The summed E-state index contributed by atoms with van der Waals surface area (Å²) < 4.78 is 27.2. The van der Waals surface area contributed by atoms with Gasteiger partial charge in [0.05, 0.1) is 12.9 Å². The van der Waals surface area contributed by atoms with Gasteiger partial charge in [0, 0.05) is 17.2 Å². The minimum absolute atomic E-state index is 0.0513. The fourth-order valence-electron chi connectivity index (χ4n) is 1.22. The van der Waals surface area contributed by atoms with E-state index >= 15 is 0 Å². The van der Waals surface area contributed by atoms with Crippen molar-refractivity contribution in [1.29, 1.82) is 0 Å². The zero-order valence-electron chi connectivity index (χ0n) is 10.5. The van der Waals surface area contributed by atoms with Crippen LogP contribution in [0.2, 0.25) is 0 Å². The first-order chi connectivity index (χ1) is 8.39. The van der Waals surface area contributed by atoms with Crippen molar-refractivity contribution in [2.24, 2.45) is 0 Å². The zero-order chi connectivity index (χ0) is 13.8. The second-order valence-corrected chi connectivity index (χ2v) is 7.25. The van der Waals surface area contributed by atoms with E-state index in [9.17, 15) is 13.2 Å². The quantitative estimate of drug-likeness (QED) is 0.790. The van der Waals surface area contributed by atoms with Gasteiger partial charge in [-0.05, 0) is 6.92 Å². The summed E-state index contributed by atoms with van der Waals surface area (Å²) in [5.41, 5.74) is 0.267. The summed E-state index contributed by atoms with van der Waals surface area (Å²) in [6.45, 7) is 3.65. The average Bonchev–Trinajstić information content (AvgIpc) is 2.69. The highest BCUT2D eigenvalue weighted by Crippen LogP contribution is 2.22. The van der Waals surface area contributed by atoms with Crippen molar-refractivity contribution in [3.05, 3.63) is 10.6 Å². The summed E-state index contributed by atoms with van der Waals surface area (Å²) in [4.78, 5) is 16.1. The molecule has 0 spiro atoms. The molecule has 0 aromatic carbocycles. The van der Waals surface area contributed by atoms with Crippen LogP contribution in [0.1, 0.15) is 22.3 Å². The van der Waals surface area contributed by atoms with Crippen LogP contribution in [0.15, 0.2) is 0 Å². The predicted molar refractivity (Wildman–Crippen MR) is 71.0 cm³/mol. The largest absolute Gasteiger partial charge is 0.464 e. The fourth-order valence-corrected chi connectivity index (χ4v) is 2.74. The zero-order valence-corrected chi connectivity index (χ0v) is 12.2. The molecule has 102 valence electrons. The number of carbonyl (C=O) groups excluding carboxylic acids is 1. The molecule has 8 heteroatoms. The van der Waals surface area contributed by atoms with Crippen LogP contribution in [0, 0.1) is 6.92 Å². The average molecular weight is 292 g/mol. The number of nitrogens with zero attached hydrogens (tertiary/aromatic N) is 1. The first-order valence-electron chi connectivity index (χ1n) is 5.39. The molecule has 0 aliphatic heterocycles. The summed E-state index contributed by atoms with van der Waals surface area (Å²) in [6.07, 6.45) is 0. The Labute approximate surface area is 110 Å². The maximum Gasteiger partial charge on any atom is 0.357 e. The molecule has 18 heavy (non-hydrogen) atoms. The van der Waals surface area contributed by atoms with Gasteiger partial charge in [0.1, 0.15) is 0 Å². The van der Waals surface area contributed by atoms with Crippen LogP contribution >= 0.6 is 11.3 Å². The monoisotopic (exact) mass is 292 g/mol. The second-order valence-electron chi connectivity index (χ2n) is 3.58. The second kappa shape index (κ2) is 6.14. The van der Waals surface area contributed by atoms with Crippen molar-refractivity contribution in [3.63, 3.8) is 0 Å². The van der Waals surface area contributed by atoms with Crippen molar-refractivity contribution < 1.29 is 17.9 Å². The van der Waals surface area contributed by atoms with Crippen LogP contribution in [0.3, 0.4) is 0 Å². The molecule has 0 saturated heterocycles. The standard InChI is InChI=1S/C10H16N2O4S2/c1-4-18(14,15)6-5-11-10-12-8(7(2)17-10)9(13)16-3/h4-6H2,1-3H3,(H,11,12). The number of nitrogens with one attached hydrogen (secondary N) is 1. The summed E-state index contributed by atoms with van der Waals surface area (Å²) in [7, 11) is -1.70. The van der Waals surface area contributed by atoms with Crippen LogP contribution in [-0.4, -0.2) is 44.5 Å². The van der Waals surface area contributed by atoms with Gasteiger partial charge >= 0.3 is 5.97 Å². The van der Waals surface area contributed by atoms with Gasteiger partial charge in [0.15, 0.2) is 20.7 Å². The maximum absolute atomic E-state index is 11.3. The van der Waals surface area contributed by atoms with E-state index in [2.05, 4.69) is 15.0 Å². The van der Waals surface area contributed by atoms with Gasteiger partial charge in [-0.2, -0.15) is 0 Å². The van der Waals surface area contributed by atoms with Gasteiger partial charge < -0.3 is 10.1 Å². The smallest absolute Gasteiger partial charge is 0.357 e. The number of thiazole rings is 1. The van der Waals surface area contributed by atoms with Gasteiger partial charge in [-0.1, -0.05) is 6.92 Å². The topological polar surface area (TPSA) is 85.4 Å². The first kappa shape index (κ1) is 14.9. The number of carbonyl (C=O) groups is 1. The van der Waals surface area contributed by atoms with E-state index < -0.39 is 15.8 Å². The molecule has 1 heterocycles. The molecule has 1 N–H and O–H groups in total. The van der Waals surface area contributed by atoms with E-state index in [1.165, 1.54) is 18.4 Å². The van der Waals surface area contributed by atoms with Crippen molar-refractivity contribution >= 4 is 32.3 Å². The van der Waals surface area contributed by atoms with Crippen LogP contribution in [0.25, 0.3) is 0 Å². The summed E-state index contributed by atoms with van der Waals surface area (Å²) in [5, 5.41) is 3.42. The Morgan fingerprint density at radius 3 is 2.72 bits per heavy atom. The number of sulfone groups is 1. The van der Waals surface area contributed by atoms with Crippen LogP contribution in [-0.2, 0) is 14.6 Å². The third-order valence-electron chi connectivity index (χ3n) is 2.30. The molecule has 0 radical (unpaired) electrons. The Hall–Kier alpha value is -1.15. The predicted octanol–water partition coefficient (Wildman–Crippen LogP) is 1.08. The third kappa shape index (κ3) is 3.95. The van der Waals surface area contributed by atoms with Gasteiger partial charge in [-0.25, -0.2) is 18.2 Å². The summed E-state index contributed by atoms with van der Waals surface area (Å²) in [6, 6.07) is 0. The molecule has 1 rings (SSSR count). The summed E-state index contributed by atoms with van der Waals surface area (Å²) in [5.74, 6) is -0.313. The molecular formula is C10H16N2O4S2. The molecule has 0 bridgehead atoms. The van der Waals surface area contributed by atoms with E-state index in [1.807, 2.05) is 0 Å². The minimum atomic E-state index is -2.99. The number of methoxy groups -OCH3 is 1. The number of aromatic nitrogens is 1. The number of hydrogen-bond acceptors (Lipinski definition) is 7. The molecule has 0 fully saturated rings. The van der Waals surface area contributed by atoms with E-state index in [0.29, 0.717) is 5.13 Å². The number of rotatable bonds is 6. The third-order valence-corrected chi connectivity index (χ3v) is 4.94. The molecular weight excluding hydrogens is 276 g/mol. The summed E-state index contributed by atoms with van der Waals surface area (Å²) >= 11 is 1.30. The highest BCUT2D eigenvalue weighted by atomic mass is 32.2. The van der Waals surface area contributed by atoms with E-state index in [4.69, 9.17) is 0 Å². The van der Waals surface area contributed by atoms with E-state index in [-0.39, 0.29) is 23.7 Å². The Morgan fingerprint density at radius 1 is 1.50 bits per heavy atom. The lowest BCUT2D eigenvalue weighted by Crippen LogP contribution is -2.17. The Kier molecular flexibility index (Phi) is 5.09. The molecule has 1 aromatic rings. The van der Waals surface area contributed by atoms with Crippen LogP contribution in [0.5, 0.6) is 0 Å². The number of anilines is 1. The Morgan fingerprint density at radius 2 is 2.17 bits per heavy atom. The van der Waals surface area contributed by atoms with Gasteiger partial charge in [-0.15, -0.1) is 11.3 Å². The maximum atomic E-state index is 11.3. The number of aryl methyl sites for hydroxylation is 1. The highest BCUT2D eigenvalue weighted by Gasteiger charge is 2.16. The first-order valence-corrected chi connectivity index (χ1v) is 8.03.